The highest BCUT2D eigenvalue weighted by Crippen LogP contribution is 2.31. The van der Waals surface area contributed by atoms with Gasteiger partial charge in [0.2, 0.25) is 17.2 Å². The average Bonchev–Trinajstić information content (AvgIpc) is 2.57. The number of hydrogen-bond donors (Lipinski definition) is 1. The van der Waals surface area contributed by atoms with E-state index in [-0.39, 0.29) is 10.8 Å². The molecular formula is C10H16ClN5. The predicted octanol–water partition coefficient (Wildman–Crippen LogP) is 1.95. The van der Waals surface area contributed by atoms with E-state index in [9.17, 15) is 0 Å². The van der Waals surface area contributed by atoms with Gasteiger partial charge in [-0.3, -0.25) is 0 Å². The third-order valence-electron chi connectivity index (χ3n) is 2.96. The minimum absolute atomic E-state index is 0.0930. The third kappa shape index (κ3) is 2.04. The molecule has 0 spiro atoms. The maximum absolute atomic E-state index is 5.87. The molecule has 0 bridgehead atoms. The molecule has 5 nitrogen and oxygen atoms in total. The second-order valence-electron chi connectivity index (χ2n) is 4.55. The molecule has 1 aromatic rings. The number of rotatable bonds is 2. The van der Waals surface area contributed by atoms with Crippen LogP contribution in [0, 0.1) is 0 Å². The van der Waals surface area contributed by atoms with Gasteiger partial charge in [0.1, 0.15) is 0 Å². The summed E-state index contributed by atoms with van der Waals surface area (Å²) in [4.78, 5) is 14.7. The number of nitrogens with one attached hydrogen (secondary N) is 1. The second-order valence-corrected chi connectivity index (χ2v) is 4.88. The Bertz CT molecular complexity index is 393. The Kier molecular flexibility index (Phi) is 2.88. The summed E-state index contributed by atoms with van der Waals surface area (Å²) in [6.07, 6.45) is 2.30. The largest absolute Gasteiger partial charge is 0.357 e. The molecule has 0 amide bonds. The van der Waals surface area contributed by atoms with E-state index in [0.717, 1.165) is 19.4 Å². The average molecular weight is 242 g/mol. The minimum Gasteiger partial charge on any atom is -0.357 e. The van der Waals surface area contributed by atoms with Gasteiger partial charge >= 0.3 is 0 Å². The molecular weight excluding hydrogens is 226 g/mol. The van der Waals surface area contributed by atoms with Crippen LogP contribution in [0.1, 0.15) is 26.7 Å². The van der Waals surface area contributed by atoms with Gasteiger partial charge in [0.25, 0.3) is 0 Å². The van der Waals surface area contributed by atoms with Crippen LogP contribution < -0.4 is 10.2 Å². The van der Waals surface area contributed by atoms with Crippen LogP contribution in [0.2, 0.25) is 5.28 Å². The van der Waals surface area contributed by atoms with Crippen LogP contribution in [0.15, 0.2) is 0 Å². The van der Waals surface area contributed by atoms with Crippen molar-refractivity contribution in [2.24, 2.45) is 0 Å². The Morgan fingerprint density at radius 3 is 2.62 bits per heavy atom. The molecule has 0 radical (unpaired) electrons. The molecule has 1 fully saturated rings. The van der Waals surface area contributed by atoms with Gasteiger partial charge in [-0.15, -0.1) is 0 Å². The molecule has 2 rings (SSSR count). The van der Waals surface area contributed by atoms with Crippen LogP contribution in [0.3, 0.4) is 0 Å². The van der Waals surface area contributed by atoms with E-state index < -0.39 is 0 Å². The maximum atomic E-state index is 5.87. The van der Waals surface area contributed by atoms with E-state index in [0.29, 0.717) is 11.9 Å². The quantitative estimate of drug-likeness (QED) is 0.858. The number of halogens is 1. The molecule has 1 saturated heterocycles. The zero-order chi connectivity index (χ0) is 11.8. The fraction of sp³-hybridized carbons (Fsp3) is 0.700. The van der Waals surface area contributed by atoms with Crippen LogP contribution in [0.4, 0.5) is 11.9 Å². The fourth-order valence-electron chi connectivity index (χ4n) is 2.05. The number of hydrogen-bond acceptors (Lipinski definition) is 5. The van der Waals surface area contributed by atoms with Crippen LogP contribution in [-0.2, 0) is 0 Å². The maximum Gasteiger partial charge on any atom is 0.231 e. The summed E-state index contributed by atoms with van der Waals surface area (Å²) >= 11 is 5.87. The summed E-state index contributed by atoms with van der Waals surface area (Å²) in [6, 6.07) is 0. The molecule has 1 aromatic heterocycles. The second kappa shape index (κ2) is 4.05. The smallest absolute Gasteiger partial charge is 0.231 e. The Labute approximate surface area is 100 Å². The van der Waals surface area contributed by atoms with Crippen molar-refractivity contribution in [3.8, 4) is 0 Å². The summed E-state index contributed by atoms with van der Waals surface area (Å²) in [6.45, 7) is 5.35. The highest BCUT2D eigenvalue weighted by molar-refractivity contribution is 6.28. The van der Waals surface area contributed by atoms with E-state index in [4.69, 9.17) is 11.6 Å². The number of nitrogens with zero attached hydrogens (tertiary/aromatic N) is 4. The lowest BCUT2D eigenvalue weighted by Crippen LogP contribution is -2.39. The lowest BCUT2D eigenvalue weighted by Gasteiger charge is -2.31. The van der Waals surface area contributed by atoms with Crippen molar-refractivity contribution in [3.05, 3.63) is 5.28 Å². The summed E-state index contributed by atoms with van der Waals surface area (Å²) in [5.74, 6) is 1.17. The SMILES string of the molecule is CNc1nc(Cl)nc(N2CCCC2(C)C)n1. The van der Waals surface area contributed by atoms with Crippen LogP contribution in [0.25, 0.3) is 0 Å². The predicted molar refractivity (Wildman–Crippen MR) is 65.0 cm³/mol. The summed E-state index contributed by atoms with van der Waals surface area (Å²) < 4.78 is 0. The zero-order valence-corrected chi connectivity index (χ0v) is 10.5. The van der Waals surface area contributed by atoms with Gasteiger partial charge in [-0.05, 0) is 38.3 Å². The molecule has 0 aliphatic carbocycles. The number of aromatic nitrogens is 3. The first-order valence-corrected chi connectivity index (χ1v) is 5.78. The molecule has 2 heterocycles. The molecule has 0 unspecified atom stereocenters. The first-order chi connectivity index (χ1) is 7.53. The van der Waals surface area contributed by atoms with Crippen LogP contribution in [0.5, 0.6) is 0 Å². The monoisotopic (exact) mass is 241 g/mol. The van der Waals surface area contributed by atoms with Crippen molar-refractivity contribution in [2.75, 3.05) is 23.8 Å². The molecule has 0 aromatic carbocycles. The molecule has 16 heavy (non-hydrogen) atoms. The van der Waals surface area contributed by atoms with Crippen molar-refractivity contribution in [2.45, 2.75) is 32.2 Å². The van der Waals surface area contributed by atoms with Crippen molar-refractivity contribution in [1.82, 2.24) is 15.0 Å². The van der Waals surface area contributed by atoms with Gasteiger partial charge in [-0.2, -0.15) is 15.0 Å². The summed E-state index contributed by atoms with van der Waals surface area (Å²) in [5.41, 5.74) is 0.0930. The van der Waals surface area contributed by atoms with Gasteiger partial charge in [-0.1, -0.05) is 0 Å². The Morgan fingerprint density at radius 1 is 1.31 bits per heavy atom. The van der Waals surface area contributed by atoms with Crippen molar-refractivity contribution < 1.29 is 0 Å². The topological polar surface area (TPSA) is 53.9 Å². The zero-order valence-electron chi connectivity index (χ0n) is 9.79. The highest BCUT2D eigenvalue weighted by Gasteiger charge is 2.34. The minimum atomic E-state index is 0.0930. The first kappa shape index (κ1) is 11.4. The lowest BCUT2D eigenvalue weighted by molar-refractivity contribution is 0.509. The van der Waals surface area contributed by atoms with Gasteiger partial charge in [0.05, 0.1) is 0 Å². The van der Waals surface area contributed by atoms with Gasteiger partial charge < -0.3 is 10.2 Å². The van der Waals surface area contributed by atoms with Gasteiger partial charge in [0.15, 0.2) is 0 Å². The van der Waals surface area contributed by atoms with E-state index >= 15 is 0 Å². The van der Waals surface area contributed by atoms with Crippen molar-refractivity contribution in [3.63, 3.8) is 0 Å². The van der Waals surface area contributed by atoms with E-state index in [1.54, 1.807) is 7.05 Å². The highest BCUT2D eigenvalue weighted by atomic mass is 35.5. The number of anilines is 2. The van der Waals surface area contributed by atoms with Gasteiger partial charge in [-0.25, -0.2) is 0 Å². The molecule has 0 saturated carbocycles. The van der Waals surface area contributed by atoms with Gasteiger partial charge in [0, 0.05) is 19.1 Å². The first-order valence-electron chi connectivity index (χ1n) is 5.40. The Hall–Kier alpha value is -1.10. The van der Waals surface area contributed by atoms with E-state index in [2.05, 4.69) is 39.0 Å². The Balaban J connectivity index is 2.36. The molecule has 88 valence electrons. The van der Waals surface area contributed by atoms with Crippen LogP contribution in [-0.4, -0.2) is 34.1 Å². The lowest BCUT2D eigenvalue weighted by atomic mass is 10.0. The molecule has 0 atom stereocenters. The summed E-state index contributed by atoms with van der Waals surface area (Å²) in [7, 11) is 1.77. The van der Waals surface area contributed by atoms with Crippen molar-refractivity contribution >= 4 is 23.5 Å². The molecule has 1 aliphatic heterocycles. The summed E-state index contributed by atoms with van der Waals surface area (Å²) in [5, 5.41) is 3.12. The Morgan fingerprint density at radius 2 is 2.06 bits per heavy atom. The fourth-order valence-corrected chi connectivity index (χ4v) is 2.21. The molecule has 1 aliphatic rings. The van der Waals surface area contributed by atoms with E-state index in [1.165, 1.54) is 0 Å². The normalized spacial score (nSPS) is 18.9. The van der Waals surface area contributed by atoms with Crippen LogP contribution >= 0.6 is 11.6 Å². The van der Waals surface area contributed by atoms with E-state index in [1.807, 2.05) is 0 Å². The van der Waals surface area contributed by atoms with Crippen molar-refractivity contribution in [1.29, 1.82) is 0 Å². The standard InChI is InChI=1S/C10H16ClN5/c1-10(2)5-4-6-16(10)9-14-7(11)13-8(12-3)15-9/h4-6H2,1-3H3,(H,12,13,14,15). The third-order valence-corrected chi connectivity index (χ3v) is 3.13. The molecule has 1 N–H and O–H groups in total. The molecule has 6 heteroatoms.